The topological polar surface area (TPSA) is 46.6 Å². The summed E-state index contributed by atoms with van der Waals surface area (Å²) in [6.45, 7) is 0. The minimum absolute atomic E-state index is 0.418. The van der Waals surface area contributed by atoms with Gasteiger partial charge >= 0.3 is 0 Å². The Morgan fingerprint density at radius 1 is 0.444 bits per heavy atom. The minimum atomic E-state index is -0.418. The maximum absolute atomic E-state index is 5.51. The van der Waals surface area contributed by atoms with Crippen molar-refractivity contribution in [3.63, 3.8) is 0 Å². The summed E-state index contributed by atoms with van der Waals surface area (Å²) in [5, 5.41) is 11.0. The zero-order valence-corrected chi connectivity index (χ0v) is 29.3. The first-order valence-corrected chi connectivity index (χ1v) is 18.4. The van der Waals surface area contributed by atoms with E-state index in [0.29, 0.717) is 5.84 Å². The number of nitrogens with one attached hydrogen (secondary N) is 1. The van der Waals surface area contributed by atoms with Crippen LogP contribution in [-0.2, 0) is 0 Å². The van der Waals surface area contributed by atoms with E-state index in [4.69, 9.17) is 9.98 Å². The van der Waals surface area contributed by atoms with Crippen molar-refractivity contribution in [2.45, 2.75) is 6.17 Å². The van der Waals surface area contributed by atoms with Gasteiger partial charge in [0.1, 0.15) is 12.0 Å². The van der Waals surface area contributed by atoms with Gasteiger partial charge in [-0.1, -0.05) is 146 Å². The third-order valence-corrected chi connectivity index (χ3v) is 10.8. The van der Waals surface area contributed by atoms with Gasteiger partial charge in [0, 0.05) is 43.9 Å². The van der Waals surface area contributed by atoms with Gasteiger partial charge in [0.25, 0.3) is 0 Å². The molecule has 11 rings (SSSR count). The van der Waals surface area contributed by atoms with Crippen molar-refractivity contribution in [1.82, 2.24) is 14.5 Å². The van der Waals surface area contributed by atoms with E-state index in [9.17, 15) is 0 Å². The van der Waals surface area contributed by atoms with Gasteiger partial charge in [-0.05, 0) is 53.2 Å². The summed E-state index contributed by atoms with van der Waals surface area (Å²) >= 11 is 0. The van der Waals surface area contributed by atoms with Gasteiger partial charge in [0.05, 0.1) is 27.8 Å². The highest BCUT2D eigenvalue weighted by Gasteiger charge is 2.27. The molecule has 0 aliphatic carbocycles. The van der Waals surface area contributed by atoms with Crippen LogP contribution >= 0.6 is 0 Å². The fraction of sp³-hybridized carbons (Fsp3) is 0.0204. The Bertz CT molecular complexity index is 3130. The Morgan fingerprint density at radius 3 is 1.87 bits per heavy atom. The number of amidine groups is 2. The zero-order valence-electron chi connectivity index (χ0n) is 29.3. The molecule has 3 heterocycles. The normalized spacial score (nSPS) is 14.5. The lowest BCUT2D eigenvalue weighted by atomic mass is 10.0. The molecule has 254 valence electrons. The van der Waals surface area contributed by atoms with Crippen molar-refractivity contribution in [1.29, 1.82) is 0 Å². The van der Waals surface area contributed by atoms with Crippen LogP contribution in [0.3, 0.4) is 0 Å². The lowest BCUT2D eigenvalue weighted by Gasteiger charge is -2.26. The van der Waals surface area contributed by atoms with Crippen LogP contribution in [0.1, 0.15) is 22.9 Å². The standard InChI is InChI=1S/C49H33N5/c1-3-17-33(18-4-1)47-50-48(52-49(51-47)39-25-15-29-43-46(39)36-22-9-12-26-40(36)53(43)34-19-5-2-6-20-34)38-24-11-14-28-42(38)54-41-27-13-10-23-37(41)45-35-21-8-7-16-32(35)30-31-44(45)54/h1-31,48H,(H,50,51,52). The van der Waals surface area contributed by atoms with E-state index < -0.39 is 6.17 Å². The summed E-state index contributed by atoms with van der Waals surface area (Å²) in [5.41, 5.74) is 9.85. The molecule has 5 nitrogen and oxygen atoms in total. The van der Waals surface area contributed by atoms with Gasteiger partial charge in [-0.15, -0.1) is 0 Å². The zero-order chi connectivity index (χ0) is 35.6. The van der Waals surface area contributed by atoms with E-state index in [1.807, 2.05) is 6.07 Å². The van der Waals surface area contributed by atoms with E-state index in [1.54, 1.807) is 0 Å². The monoisotopic (exact) mass is 691 g/mol. The van der Waals surface area contributed by atoms with Crippen LogP contribution in [0.4, 0.5) is 0 Å². The molecule has 0 bridgehead atoms. The number of hydrogen-bond acceptors (Lipinski definition) is 3. The second kappa shape index (κ2) is 12.2. The molecule has 1 unspecified atom stereocenters. The second-order valence-electron chi connectivity index (χ2n) is 13.8. The first-order valence-electron chi connectivity index (χ1n) is 18.4. The molecule has 0 amide bonds. The molecule has 54 heavy (non-hydrogen) atoms. The summed E-state index contributed by atoms with van der Waals surface area (Å²) in [4.78, 5) is 10.8. The van der Waals surface area contributed by atoms with Gasteiger partial charge in [-0.3, -0.25) is 0 Å². The highest BCUT2D eigenvalue weighted by Crippen LogP contribution is 2.40. The van der Waals surface area contributed by atoms with Crippen molar-refractivity contribution >= 4 is 66.1 Å². The van der Waals surface area contributed by atoms with E-state index >= 15 is 0 Å². The van der Waals surface area contributed by atoms with Crippen molar-refractivity contribution in [2.24, 2.45) is 9.98 Å². The van der Waals surface area contributed by atoms with Crippen LogP contribution in [-0.4, -0.2) is 20.8 Å². The van der Waals surface area contributed by atoms with E-state index in [-0.39, 0.29) is 0 Å². The van der Waals surface area contributed by atoms with E-state index in [0.717, 1.165) is 61.4 Å². The first kappa shape index (κ1) is 30.4. The fourth-order valence-electron chi connectivity index (χ4n) is 8.45. The SMILES string of the molecule is c1ccc(C2=NC(c3cccc4c3c3ccccc3n4-c3ccccc3)=NC(c3ccccc3-n3c4ccccc4c4c5ccccc5ccc43)N2)cc1. The van der Waals surface area contributed by atoms with Gasteiger partial charge in [-0.2, -0.15) is 0 Å². The Morgan fingerprint density at radius 2 is 1.06 bits per heavy atom. The number of nitrogens with zero attached hydrogens (tertiary/aromatic N) is 4. The van der Waals surface area contributed by atoms with Gasteiger partial charge in [0.2, 0.25) is 0 Å². The molecular formula is C49H33N5. The number of rotatable bonds is 5. The molecule has 1 aliphatic heterocycles. The molecule has 0 radical (unpaired) electrons. The summed E-state index contributed by atoms with van der Waals surface area (Å²) in [6, 6.07) is 66.6. The predicted octanol–water partition coefficient (Wildman–Crippen LogP) is 11.5. The Hall–Kier alpha value is -7.24. The minimum Gasteiger partial charge on any atom is -0.344 e. The number of aliphatic imine (C=N–C) groups is 2. The molecule has 0 spiro atoms. The van der Waals surface area contributed by atoms with Gasteiger partial charge < -0.3 is 14.5 Å². The summed E-state index contributed by atoms with van der Waals surface area (Å²) < 4.78 is 4.75. The molecule has 1 N–H and O–H groups in total. The number of benzene rings is 8. The average Bonchev–Trinajstić information content (AvgIpc) is 3.77. The fourth-order valence-corrected chi connectivity index (χ4v) is 8.45. The Kier molecular flexibility index (Phi) is 6.85. The van der Waals surface area contributed by atoms with Crippen molar-refractivity contribution in [2.75, 3.05) is 0 Å². The van der Waals surface area contributed by atoms with Gasteiger partial charge in [0.15, 0.2) is 5.84 Å². The third kappa shape index (κ3) is 4.65. The van der Waals surface area contributed by atoms with Crippen LogP contribution < -0.4 is 5.32 Å². The smallest absolute Gasteiger partial charge is 0.160 e. The second-order valence-corrected chi connectivity index (χ2v) is 13.8. The number of para-hydroxylation sites is 4. The summed E-state index contributed by atoms with van der Waals surface area (Å²) in [6.07, 6.45) is -0.418. The molecule has 1 atom stereocenters. The largest absolute Gasteiger partial charge is 0.344 e. The molecule has 5 heteroatoms. The highest BCUT2D eigenvalue weighted by molar-refractivity contribution is 6.24. The number of aromatic nitrogens is 2. The predicted molar refractivity (Wildman–Crippen MR) is 224 cm³/mol. The first-order chi connectivity index (χ1) is 26.8. The molecule has 8 aromatic carbocycles. The van der Waals surface area contributed by atoms with Crippen LogP contribution in [0.2, 0.25) is 0 Å². The lowest BCUT2D eigenvalue weighted by molar-refractivity contribution is 0.671. The average molecular weight is 692 g/mol. The molecule has 2 aromatic heterocycles. The number of hydrogen-bond donors (Lipinski definition) is 1. The maximum atomic E-state index is 5.51. The molecule has 10 aromatic rings. The lowest BCUT2D eigenvalue weighted by Crippen LogP contribution is -2.34. The maximum Gasteiger partial charge on any atom is 0.160 e. The van der Waals surface area contributed by atoms with E-state index in [1.165, 1.54) is 26.9 Å². The van der Waals surface area contributed by atoms with Crippen LogP contribution in [0.25, 0.3) is 65.8 Å². The van der Waals surface area contributed by atoms with Crippen LogP contribution in [0.5, 0.6) is 0 Å². The highest BCUT2D eigenvalue weighted by atomic mass is 15.2. The Balaban J connectivity index is 1.16. The van der Waals surface area contributed by atoms with Crippen molar-refractivity contribution in [3.8, 4) is 11.4 Å². The van der Waals surface area contributed by atoms with Crippen molar-refractivity contribution < 1.29 is 0 Å². The summed E-state index contributed by atoms with van der Waals surface area (Å²) in [5.74, 6) is 1.49. The van der Waals surface area contributed by atoms with Crippen molar-refractivity contribution in [3.05, 3.63) is 205 Å². The molecule has 0 fully saturated rings. The molecule has 1 aliphatic rings. The molecule has 0 saturated heterocycles. The van der Waals surface area contributed by atoms with Crippen LogP contribution in [0.15, 0.2) is 198 Å². The van der Waals surface area contributed by atoms with Crippen LogP contribution in [0, 0.1) is 0 Å². The molecular weight excluding hydrogens is 659 g/mol. The molecule has 0 saturated carbocycles. The summed E-state index contributed by atoms with van der Waals surface area (Å²) in [7, 11) is 0. The van der Waals surface area contributed by atoms with Gasteiger partial charge in [-0.25, -0.2) is 9.98 Å². The van der Waals surface area contributed by atoms with E-state index in [2.05, 4.69) is 196 Å². The quantitative estimate of drug-likeness (QED) is 0.192. The third-order valence-electron chi connectivity index (χ3n) is 10.8. The Labute approximate surface area is 311 Å². The number of fused-ring (bicyclic) bond motifs is 8.